The molecule has 0 saturated carbocycles. The molecular formula is C26H26F3N3O4S. The molecule has 1 fully saturated rings. The lowest BCUT2D eigenvalue weighted by Gasteiger charge is -2.36. The number of sulfonamides is 1. The quantitative estimate of drug-likeness (QED) is 0.467. The van der Waals surface area contributed by atoms with Crippen LogP contribution in [0.1, 0.15) is 15.9 Å². The van der Waals surface area contributed by atoms with Crippen LogP contribution in [-0.2, 0) is 16.2 Å². The molecule has 0 spiro atoms. The van der Waals surface area contributed by atoms with E-state index in [1.165, 1.54) is 38.4 Å². The number of hydrogen-bond donors (Lipinski definition) is 0. The molecule has 0 N–H and O–H groups in total. The highest BCUT2D eigenvalue weighted by molar-refractivity contribution is 7.92. The van der Waals surface area contributed by atoms with Crippen LogP contribution in [0.5, 0.6) is 5.75 Å². The Bertz CT molecular complexity index is 1370. The van der Waals surface area contributed by atoms with Crippen LogP contribution in [0.3, 0.4) is 0 Å². The molecule has 1 saturated heterocycles. The van der Waals surface area contributed by atoms with E-state index < -0.39 is 21.8 Å². The van der Waals surface area contributed by atoms with Crippen LogP contribution in [-0.4, -0.2) is 59.6 Å². The number of carbonyl (C=O) groups excluding carboxylic acids is 1. The molecule has 0 bridgehead atoms. The number of anilines is 2. The fourth-order valence-corrected chi connectivity index (χ4v) is 5.35. The van der Waals surface area contributed by atoms with Crippen LogP contribution in [0.15, 0.2) is 77.7 Å². The van der Waals surface area contributed by atoms with Gasteiger partial charge in [0.15, 0.2) is 0 Å². The lowest BCUT2D eigenvalue weighted by molar-refractivity contribution is -0.137. The summed E-state index contributed by atoms with van der Waals surface area (Å²) in [6.45, 7) is 1.28. The van der Waals surface area contributed by atoms with Crippen molar-refractivity contribution in [1.82, 2.24) is 4.90 Å². The minimum absolute atomic E-state index is 0.0285. The van der Waals surface area contributed by atoms with E-state index in [2.05, 4.69) is 0 Å². The molecular weight excluding hydrogens is 507 g/mol. The molecule has 0 atom stereocenters. The normalized spacial score (nSPS) is 14.4. The van der Waals surface area contributed by atoms with Gasteiger partial charge >= 0.3 is 6.18 Å². The van der Waals surface area contributed by atoms with Crippen LogP contribution >= 0.6 is 0 Å². The first-order valence-electron chi connectivity index (χ1n) is 11.5. The van der Waals surface area contributed by atoms with Crippen molar-refractivity contribution in [2.45, 2.75) is 11.1 Å². The van der Waals surface area contributed by atoms with Crippen molar-refractivity contribution < 1.29 is 31.1 Å². The van der Waals surface area contributed by atoms with Crippen LogP contribution in [0.25, 0.3) is 0 Å². The van der Waals surface area contributed by atoms with E-state index >= 15 is 0 Å². The van der Waals surface area contributed by atoms with Crippen molar-refractivity contribution >= 4 is 27.3 Å². The van der Waals surface area contributed by atoms with Gasteiger partial charge in [0.2, 0.25) is 0 Å². The van der Waals surface area contributed by atoms with E-state index in [-0.39, 0.29) is 29.5 Å². The van der Waals surface area contributed by atoms with E-state index in [4.69, 9.17) is 4.74 Å². The fourth-order valence-electron chi connectivity index (χ4n) is 4.11. The number of alkyl halides is 3. The maximum atomic E-state index is 13.2. The molecule has 0 unspecified atom stereocenters. The van der Waals surface area contributed by atoms with Gasteiger partial charge in [-0.1, -0.05) is 12.1 Å². The second-order valence-electron chi connectivity index (χ2n) is 8.53. The molecule has 3 aromatic carbocycles. The Morgan fingerprint density at radius 1 is 0.919 bits per heavy atom. The van der Waals surface area contributed by atoms with Crippen LogP contribution in [0.4, 0.5) is 24.5 Å². The fraction of sp³-hybridized carbons (Fsp3) is 0.269. The number of benzene rings is 3. The van der Waals surface area contributed by atoms with Gasteiger partial charge in [-0.15, -0.1) is 0 Å². The number of hydrogen-bond acceptors (Lipinski definition) is 5. The zero-order valence-electron chi connectivity index (χ0n) is 20.3. The lowest BCUT2D eigenvalue weighted by Crippen LogP contribution is -2.48. The largest absolute Gasteiger partial charge is 0.497 e. The van der Waals surface area contributed by atoms with Gasteiger partial charge in [-0.2, -0.15) is 13.2 Å². The molecule has 0 aliphatic carbocycles. The minimum atomic E-state index is -4.43. The number of amides is 1. The second-order valence-corrected chi connectivity index (χ2v) is 10.5. The highest BCUT2D eigenvalue weighted by Crippen LogP contribution is 2.32. The van der Waals surface area contributed by atoms with Crippen LogP contribution < -0.4 is 13.9 Å². The van der Waals surface area contributed by atoms with Crippen molar-refractivity contribution in [3.05, 3.63) is 83.9 Å². The van der Waals surface area contributed by atoms with Gasteiger partial charge in [-0.25, -0.2) is 8.42 Å². The summed E-state index contributed by atoms with van der Waals surface area (Å²) in [6, 6.07) is 17.5. The highest BCUT2D eigenvalue weighted by atomic mass is 32.2. The van der Waals surface area contributed by atoms with Gasteiger partial charge in [-0.3, -0.25) is 9.10 Å². The summed E-state index contributed by atoms with van der Waals surface area (Å²) in [5.74, 6) is 0.253. The maximum Gasteiger partial charge on any atom is 0.416 e. The van der Waals surface area contributed by atoms with Crippen molar-refractivity contribution in [2.24, 2.45) is 0 Å². The van der Waals surface area contributed by atoms with Crippen molar-refractivity contribution in [1.29, 1.82) is 0 Å². The topological polar surface area (TPSA) is 70.2 Å². The SMILES string of the molecule is COc1ccc(N(C)S(=O)(=O)c2cccc(C(=O)N3CCN(c4cccc(C(F)(F)F)c4)CC3)c2)cc1. The predicted molar refractivity (Wildman–Crippen MR) is 135 cm³/mol. The number of nitrogens with zero attached hydrogens (tertiary/aromatic N) is 3. The first-order valence-corrected chi connectivity index (χ1v) is 12.9. The third-order valence-corrected chi connectivity index (χ3v) is 8.06. The van der Waals surface area contributed by atoms with E-state index in [0.29, 0.717) is 30.2 Å². The number of ether oxygens (including phenoxy) is 1. The van der Waals surface area contributed by atoms with Gasteiger partial charge in [0, 0.05) is 44.5 Å². The Kier molecular flexibility index (Phi) is 7.35. The Labute approximate surface area is 213 Å². The summed E-state index contributed by atoms with van der Waals surface area (Å²) >= 11 is 0. The maximum absolute atomic E-state index is 13.2. The molecule has 37 heavy (non-hydrogen) atoms. The van der Waals surface area contributed by atoms with E-state index in [1.807, 2.05) is 0 Å². The first kappa shape index (κ1) is 26.3. The Balaban J connectivity index is 1.46. The molecule has 1 aliphatic heterocycles. The van der Waals surface area contributed by atoms with Crippen molar-refractivity contribution in [3.8, 4) is 5.75 Å². The predicted octanol–water partition coefficient (Wildman–Crippen LogP) is 4.50. The number of methoxy groups -OCH3 is 1. The van der Waals surface area contributed by atoms with Gasteiger partial charge in [0.05, 0.1) is 23.3 Å². The van der Waals surface area contributed by atoms with Gasteiger partial charge in [0.25, 0.3) is 15.9 Å². The Morgan fingerprint density at radius 3 is 2.19 bits per heavy atom. The first-order chi connectivity index (χ1) is 17.5. The second kappa shape index (κ2) is 10.3. The molecule has 4 rings (SSSR count). The van der Waals surface area contributed by atoms with Crippen molar-refractivity contribution in [2.75, 3.05) is 49.5 Å². The van der Waals surface area contributed by atoms with Crippen LogP contribution in [0.2, 0.25) is 0 Å². The summed E-state index contributed by atoms with van der Waals surface area (Å²) in [7, 11) is -0.991. The average molecular weight is 534 g/mol. The summed E-state index contributed by atoms with van der Waals surface area (Å²) < 4.78 is 71.9. The molecule has 196 valence electrons. The molecule has 3 aromatic rings. The van der Waals surface area contributed by atoms with E-state index in [9.17, 15) is 26.4 Å². The third-order valence-electron chi connectivity index (χ3n) is 6.28. The average Bonchev–Trinajstić information content (AvgIpc) is 2.92. The lowest BCUT2D eigenvalue weighted by atomic mass is 10.1. The zero-order chi connectivity index (χ0) is 26.8. The van der Waals surface area contributed by atoms with E-state index in [0.717, 1.165) is 16.4 Å². The molecule has 1 heterocycles. The summed E-state index contributed by atoms with van der Waals surface area (Å²) in [5, 5.41) is 0. The smallest absolute Gasteiger partial charge is 0.416 e. The zero-order valence-corrected chi connectivity index (χ0v) is 21.1. The molecule has 11 heteroatoms. The highest BCUT2D eigenvalue weighted by Gasteiger charge is 2.31. The van der Waals surface area contributed by atoms with Gasteiger partial charge in [-0.05, 0) is 60.7 Å². The summed E-state index contributed by atoms with van der Waals surface area (Å²) in [6.07, 6.45) is -4.43. The third kappa shape index (κ3) is 5.66. The molecule has 1 aliphatic rings. The van der Waals surface area contributed by atoms with Crippen LogP contribution in [0, 0.1) is 0 Å². The Hall–Kier alpha value is -3.73. The van der Waals surface area contributed by atoms with Gasteiger partial charge < -0.3 is 14.5 Å². The Morgan fingerprint density at radius 2 is 1.57 bits per heavy atom. The van der Waals surface area contributed by atoms with Crippen molar-refractivity contribution in [3.63, 3.8) is 0 Å². The number of halogens is 3. The van der Waals surface area contributed by atoms with E-state index in [1.54, 1.807) is 46.2 Å². The molecule has 7 nitrogen and oxygen atoms in total. The standard InChI is InChI=1S/C26H26F3N3O4S/c1-30(21-9-11-23(36-2)12-10-21)37(34,35)24-8-3-5-19(17-24)25(33)32-15-13-31(14-16-32)22-7-4-6-20(18-22)26(27,28)29/h3-12,17-18H,13-16H2,1-2H3. The van der Waals surface area contributed by atoms with Gasteiger partial charge in [0.1, 0.15) is 5.75 Å². The number of carbonyl (C=O) groups is 1. The molecule has 1 amide bonds. The molecule has 0 radical (unpaired) electrons. The minimum Gasteiger partial charge on any atom is -0.497 e. The number of rotatable bonds is 6. The molecule has 0 aromatic heterocycles. The summed E-state index contributed by atoms with van der Waals surface area (Å²) in [4.78, 5) is 16.5. The monoisotopic (exact) mass is 533 g/mol. The summed E-state index contributed by atoms with van der Waals surface area (Å²) in [5.41, 5.74) is 0.373. The number of piperazine rings is 1.